The average molecular weight is 379 g/mol. The number of nitrogens with one attached hydrogen (secondary N) is 1. The summed E-state index contributed by atoms with van der Waals surface area (Å²) in [5.41, 5.74) is 1.63. The van der Waals surface area contributed by atoms with Crippen molar-refractivity contribution < 1.29 is 9.32 Å². The Hall–Kier alpha value is -3.46. The lowest BCUT2D eigenvalue weighted by molar-refractivity contribution is 0.0983. The lowest BCUT2D eigenvalue weighted by Gasteiger charge is -2.03. The first kappa shape index (κ1) is 17.0. The fourth-order valence-electron chi connectivity index (χ4n) is 2.45. The van der Waals surface area contributed by atoms with Crippen molar-refractivity contribution in [3.05, 3.63) is 77.2 Å². The smallest absolute Gasteiger partial charge is 0.348 e. The van der Waals surface area contributed by atoms with Crippen LogP contribution in [0.2, 0.25) is 0 Å². The van der Waals surface area contributed by atoms with Crippen LogP contribution in [0.3, 0.4) is 0 Å². The summed E-state index contributed by atoms with van der Waals surface area (Å²) in [6.45, 7) is 0. The van der Waals surface area contributed by atoms with Crippen molar-refractivity contribution >= 4 is 17.5 Å². The van der Waals surface area contributed by atoms with Crippen LogP contribution < -0.4 is 5.69 Å². The number of rotatable bonds is 6. The number of carbonyl (C=O) groups is 1. The molecule has 8 nitrogen and oxygen atoms in total. The van der Waals surface area contributed by atoms with Crippen LogP contribution in [0.1, 0.15) is 10.6 Å². The van der Waals surface area contributed by atoms with Crippen LogP contribution in [-0.2, 0) is 0 Å². The maximum atomic E-state index is 12.4. The fourth-order valence-corrected chi connectivity index (χ4v) is 3.28. The molecule has 0 aliphatic carbocycles. The highest BCUT2D eigenvalue weighted by molar-refractivity contribution is 7.99. The first-order chi connectivity index (χ1) is 13.2. The second-order valence-electron chi connectivity index (χ2n) is 5.51. The molecular formula is C18H13N5O3S. The summed E-state index contributed by atoms with van der Waals surface area (Å²) in [6, 6.07) is 14.5. The molecule has 0 saturated carbocycles. The Kier molecular flexibility index (Phi) is 4.67. The molecule has 4 aromatic rings. The molecule has 0 spiro atoms. The number of nitrogens with zero attached hydrogens (tertiary/aromatic N) is 4. The molecule has 1 N–H and O–H groups in total. The van der Waals surface area contributed by atoms with Crippen LogP contribution in [0.15, 0.2) is 75.4 Å². The van der Waals surface area contributed by atoms with E-state index in [1.54, 1.807) is 30.6 Å². The van der Waals surface area contributed by atoms with Gasteiger partial charge in [0.05, 0.1) is 17.6 Å². The normalized spacial score (nSPS) is 10.8. The predicted octanol–water partition coefficient (Wildman–Crippen LogP) is 2.59. The van der Waals surface area contributed by atoms with Gasteiger partial charge in [-0.05, 0) is 12.1 Å². The van der Waals surface area contributed by atoms with Crippen LogP contribution in [-0.4, -0.2) is 36.4 Å². The van der Waals surface area contributed by atoms with Crippen molar-refractivity contribution in [3.8, 4) is 16.9 Å². The third-order valence-corrected chi connectivity index (χ3v) is 4.67. The van der Waals surface area contributed by atoms with Crippen molar-refractivity contribution in [2.75, 3.05) is 5.75 Å². The van der Waals surface area contributed by atoms with Crippen LogP contribution in [0.5, 0.6) is 0 Å². The third-order valence-electron chi connectivity index (χ3n) is 3.73. The van der Waals surface area contributed by atoms with E-state index in [1.165, 1.54) is 4.57 Å². The molecule has 0 unspecified atom stereocenters. The van der Waals surface area contributed by atoms with Gasteiger partial charge in [0, 0.05) is 17.8 Å². The summed E-state index contributed by atoms with van der Waals surface area (Å²) in [5.74, 6) is -0.0384. The van der Waals surface area contributed by atoms with Crippen LogP contribution in [0.4, 0.5) is 0 Å². The van der Waals surface area contributed by atoms with Gasteiger partial charge in [-0.1, -0.05) is 47.3 Å². The van der Waals surface area contributed by atoms with Gasteiger partial charge in [-0.3, -0.25) is 9.78 Å². The molecule has 1 aromatic carbocycles. The molecule has 4 rings (SSSR count). The summed E-state index contributed by atoms with van der Waals surface area (Å²) in [7, 11) is 0. The number of pyridine rings is 1. The Morgan fingerprint density at radius 2 is 2.04 bits per heavy atom. The number of aromatic nitrogens is 5. The molecular weight excluding hydrogens is 366 g/mol. The second-order valence-corrected chi connectivity index (χ2v) is 6.45. The summed E-state index contributed by atoms with van der Waals surface area (Å²) < 4.78 is 6.53. The van der Waals surface area contributed by atoms with E-state index in [4.69, 9.17) is 4.52 Å². The molecule has 0 radical (unpaired) electrons. The number of carbonyl (C=O) groups excluding carboxylic acids is 1. The Morgan fingerprint density at radius 3 is 2.81 bits per heavy atom. The molecule has 0 atom stereocenters. The summed E-state index contributed by atoms with van der Waals surface area (Å²) >= 11 is 1.13. The lowest BCUT2D eigenvalue weighted by Crippen LogP contribution is -2.16. The van der Waals surface area contributed by atoms with Crippen molar-refractivity contribution in [2.24, 2.45) is 0 Å². The highest BCUT2D eigenvalue weighted by atomic mass is 32.2. The van der Waals surface area contributed by atoms with E-state index in [0.29, 0.717) is 16.5 Å². The first-order valence-corrected chi connectivity index (χ1v) is 8.97. The fraction of sp³-hybridized carbons (Fsp3) is 0.0556. The molecule has 134 valence electrons. The molecule has 0 bridgehead atoms. The van der Waals surface area contributed by atoms with Gasteiger partial charge in [0.1, 0.15) is 5.69 Å². The molecule has 0 amide bonds. The number of ketones is 1. The van der Waals surface area contributed by atoms with Crippen molar-refractivity contribution in [1.29, 1.82) is 0 Å². The molecule has 3 aromatic heterocycles. The van der Waals surface area contributed by atoms with Gasteiger partial charge in [-0.15, -0.1) is 5.10 Å². The molecule has 3 heterocycles. The van der Waals surface area contributed by atoms with E-state index in [9.17, 15) is 9.59 Å². The summed E-state index contributed by atoms with van der Waals surface area (Å²) in [4.78, 5) is 28.4. The number of hydrogen-bond acceptors (Lipinski definition) is 7. The highest BCUT2D eigenvalue weighted by Gasteiger charge is 2.17. The average Bonchev–Trinajstić information content (AvgIpc) is 3.35. The van der Waals surface area contributed by atoms with Gasteiger partial charge in [0.15, 0.2) is 5.16 Å². The largest absolute Gasteiger partial charge is 0.352 e. The number of aromatic amines is 1. The van der Waals surface area contributed by atoms with E-state index < -0.39 is 5.69 Å². The number of benzene rings is 1. The zero-order chi connectivity index (χ0) is 18.6. The standard InChI is InChI=1S/C18H13N5O3S/c24-15(16-9-14(22-26-16)12-5-2-1-3-6-12)11-27-18-21-20-17(25)23(18)13-7-4-8-19-10-13/h1-10H,11H2,(H,20,25). The zero-order valence-electron chi connectivity index (χ0n) is 13.9. The van der Waals surface area contributed by atoms with Crippen molar-refractivity contribution in [3.63, 3.8) is 0 Å². The number of hydrogen-bond donors (Lipinski definition) is 1. The summed E-state index contributed by atoms with van der Waals surface area (Å²) in [5, 5.41) is 10.7. The van der Waals surface area contributed by atoms with Gasteiger partial charge in [-0.2, -0.15) is 0 Å². The molecule has 9 heteroatoms. The van der Waals surface area contributed by atoms with E-state index in [0.717, 1.165) is 17.3 Å². The minimum atomic E-state index is -0.399. The predicted molar refractivity (Wildman–Crippen MR) is 99.0 cm³/mol. The quantitative estimate of drug-likeness (QED) is 0.405. The SMILES string of the molecule is O=C(CSc1n[nH]c(=O)n1-c1cccnc1)c1cc(-c2ccccc2)no1. The molecule has 0 saturated heterocycles. The van der Waals surface area contributed by atoms with E-state index in [-0.39, 0.29) is 17.3 Å². The van der Waals surface area contributed by atoms with Crippen molar-refractivity contribution in [1.82, 2.24) is 24.9 Å². The molecule has 0 aliphatic heterocycles. The van der Waals surface area contributed by atoms with Crippen LogP contribution in [0, 0.1) is 0 Å². The van der Waals surface area contributed by atoms with Gasteiger partial charge in [0.2, 0.25) is 11.5 Å². The van der Waals surface area contributed by atoms with Gasteiger partial charge < -0.3 is 4.52 Å². The number of H-pyrrole nitrogens is 1. The number of thioether (sulfide) groups is 1. The van der Waals surface area contributed by atoms with Gasteiger partial charge >= 0.3 is 5.69 Å². The minimum Gasteiger partial charge on any atom is -0.352 e. The second kappa shape index (κ2) is 7.42. The number of Topliss-reactive ketones (excluding diaryl/α,β-unsaturated/α-hetero) is 1. The highest BCUT2D eigenvalue weighted by Crippen LogP contribution is 2.22. The lowest BCUT2D eigenvalue weighted by atomic mass is 10.1. The Morgan fingerprint density at radius 1 is 1.19 bits per heavy atom. The minimum absolute atomic E-state index is 0.0496. The Labute approximate surface area is 157 Å². The molecule has 27 heavy (non-hydrogen) atoms. The maximum Gasteiger partial charge on any atom is 0.348 e. The summed E-state index contributed by atoms with van der Waals surface area (Å²) in [6.07, 6.45) is 3.16. The third kappa shape index (κ3) is 3.58. The van der Waals surface area contributed by atoms with Crippen LogP contribution >= 0.6 is 11.8 Å². The van der Waals surface area contributed by atoms with Crippen LogP contribution in [0.25, 0.3) is 16.9 Å². The van der Waals surface area contributed by atoms with E-state index >= 15 is 0 Å². The molecule has 0 fully saturated rings. The monoisotopic (exact) mass is 379 g/mol. The molecule has 0 aliphatic rings. The van der Waals surface area contributed by atoms with E-state index in [2.05, 4.69) is 20.3 Å². The topological polar surface area (TPSA) is 107 Å². The van der Waals surface area contributed by atoms with E-state index in [1.807, 2.05) is 30.3 Å². The van der Waals surface area contributed by atoms with Gasteiger partial charge in [-0.25, -0.2) is 14.5 Å². The maximum absolute atomic E-state index is 12.4. The van der Waals surface area contributed by atoms with Gasteiger partial charge in [0.25, 0.3) is 0 Å². The first-order valence-electron chi connectivity index (χ1n) is 7.98. The zero-order valence-corrected chi connectivity index (χ0v) is 14.7. The Bertz CT molecular complexity index is 1120. The Balaban J connectivity index is 1.50. The van der Waals surface area contributed by atoms with Crippen molar-refractivity contribution in [2.45, 2.75) is 5.16 Å².